The van der Waals surface area contributed by atoms with E-state index in [0.717, 1.165) is 38.6 Å². The molecule has 0 aliphatic carbocycles. The maximum absolute atomic E-state index is 12.8. The first-order chi connectivity index (χ1) is 13.4. The number of para-hydroxylation sites is 2. The Morgan fingerprint density at radius 3 is 2.64 bits per heavy atom. The van der Waals surface area contributed by atoms with Crippen LogP contribution in [0.5, 0.6) is 0 Å². The number of imidazole rings is 1. The van der Waals surface area contributed by atoms with Crippen LogP contribution in [0.3, 0.4) is 0 Å². The van der Waals surface area contributed by atoms with Crippen LogP contribution in [0.4, 0.5) is 0 Å². The van der Waals surface area contributed by atoms with Crippen molar-refractivity contribution in [3.8, 4) is 6.07 Å². The molecule has 4 rings (SSSR count). The van der Waals surface area contributed by atoms with Crippen molar-refractivity contribution in [3.05, 3.63) is 64.5 Å². The Morgan fingerprint density at radius 1 is 1.21 bits per heavy atom. The zero-order valence-corrected chi connectivity index (χ0v) is 17.1. The van der Waals surface area contributed by atoms with Crippen molar-refractivity contribution >= 4 is 34.2 Å². The second kappa shape index (κ2) is 6.84. The van der Waals surface area contributed by atoms with Crippen LogP contribution in [-0.4, -0.2) is 25.5 Å². The van der Waals surface area contributed by atoms with Crippen LogP contribution in [0.25, 0.3) is 16.7 Å². The number of carbonyl (C=O) groups excluding carboxylic acids is 1. The van der Waals surface area contributed by atoms with E-state index < -0.39 is 0 Å². The molecule has 0 saturated carbocycles. The molecule has 1 aromatic carbocycles. The molecule has 28 heavy (non-hydrogen) atoms. The summed E-state index contributed by atoms with van der Waals surface area (Å²) in [6, 6.07) is 14.0. The van der Waals surface area contributed by atoms with Gasteiger partial charge in [0.25, 0.3) is 0 Å². The molecule has 6 heteroatoms. The molecular weight excluding hydrogens is 368 g/mol. The summed E-state index contributed by atoms with van der Waals surface area (Å²) in [5.41, 5.74) is 6.69. The molecule has 3 heterocycles. The van der Waals surface area contributed by atoms with E-state index in [0.29, 0.717) is 17.0 Å². The van der Waals surface area contributed by atoms with Crippen LogP contribution < -0.4 is 0 Å². The third kappa shape index (κ3) is 2.79. The monoisotopic (exact) mass is 388 g/mol. The van der Waals surface area contributed by atoms with E-state index in [4.69, 9.17) is 0 Å². The Morgan fingerprint density at radius 2 is 1.96 bits per heavy atom. The van der Waals surface area contributed by atoms with Crippen molar-refractivity contribution in [1.29, 1.82) is 5.26 Å². The van der Waals surface area contributed by atoms with E-state index in [1.807, 2.05) is 73.2 Å². The molecule has 4 aromatic rings. The molecule has 0 fully saturated rings. The minimum absolute atomic E-state index is 0.103. The summed E-state index contributed by atoms with van der Waals surface area (Å²) in [5.74, 6) is 0.433. The number of hydrogen-bond acceptors (Lipinski definition) is 4. The van der Waals surface area contributed by atoms with E-state index in [-0.39, 0.29) is 5.78 Å². The van der Waals surface area contributed by atoms with Crippen molar-refractivity contribution in [2.45, 2.75) is 25.8 Å². The van der Waals surface area contributed by atoms with Crippen LogP contribution in [0.15, 0.2) is 41.4 Å². The lowest BCUT2D eigenvalue weighted by atomic mass is 10.2. The molecule has 0 spiro atoms. The van der Waals surface area contributed by atoms with Crippen LogP contribution in [0.1, 0.15) is 32.9 Å². The average Bonchev–Trinajstić information content (AvgIpc) is 3.19. The summed E-state index contributed by atoms with van der Waals surface area (Å²) >= 11 is 1.48. The van der Waals surface area contributed by atoms with E-state index in [9.17, 15) is 10.1 Å². The van der Waals surface area contributed by atoms with E-state index >= 15 is 0 Å². The summed E-state index contributed by atoms with van der Waals surface area (Å²) in [6.45, 7) is 5.88. The molecule has 0 radical (unpaired) electrons. The number of nitriles is 1. The van der Waals surface area contributed by atoms with Crippen molar-refractivity contribution in [3.63, 3.8) is 0 Å². The van der Waals surface area contributed by atoms with Gasteiger partial charge in [0, 0.05) is 24.0 Å². The molecule has 0 aliphatic heterocycles. The minimum Gasteiger partial charge on any atom is -0.351 e. The second-order valence-corrected chi connectivity index (χ2v) is 7.96. The van der Waals surface area contributed by atoms with Crippen LogP contribution >= 0.6 is 11.8 Å². The third-order valence-corrected chi connectivity index (χ3v) is 6.28. The Bertz CT molecular complexity index is 1290. The molecule has 0 amide bonds. The molecule has 0 aliphatic rings. The lowest BCUT2D eigenvalue weighted by Crippen LogP contribution is -2.06. The summed E-state index contributed by atoms with van der Waals surface area (Å²) in [6.07, 6.45) is 0. The molecular formula is C22H20N4OS. The van der Waals surface area contributed by atoms with E-state index in [1.165, 1.54) is 11.8 Å². The van der Waals surface area contributed by atoms with Gasteiger partial charge in [-0.15, -0.1) is 0 Å². The Hall–Kier alpha value is -3.04. The number of fused-ring (bicyclic) bond motifs is 3. The summed E-state index contributed by atoms with van der Waals surface area (Å²) in [5, 5.41) is 10.5. The van der Waals surface area contributed by atoms with Crippen molar-refractivity contribution in [1.82, 2.24) is 14.0 Å². The van der Waals surface area contributed by atoms with Gasteiger partial charge in [0.15, 0.2) is 11.4 Å². The normalized spacial score (nSPS) is 11.2. The Kier molecular flexibility index (Phi) is 4.48. The maximum atomic E-state index is 12.8. The lowest BCUT2D eigenvalue weighted by Gasteiger charge is -2.09. The third-order valence-electron chi connectivity index (χ3n) is 5.28. The summed E-state index contributed by atoms with van der Waals surface area (Å²) in [4.78, 5) is 17.5. The van der Waals surface area contributed by atoms with E-state index in [1.54, 1.807) is 0 Å². The van der Waals surface area contributed by atoms with Crippen molar-refractivity contribution in [2.75, 3.05) is 5.75 Å². The van der Waals surface area contributed by atoms with Gasteiger partial charge < -0.3 is 4.57 Å². The number of ketones is 1. The number of benzene rings is 1. The minimum atomic E-state index is 0.103. The molecule has 3 aromatic heterocycles. The number of aryl methyl sites for hydroxylation is 2. The van der Waals surface area contributed by atoms with Crippen molar-refractivity contribution in [2.24, 2.45) is 7.05 Å². The quantitative estimate of drug-likeness (QED) is 0.379. The van der Waals surface area contributed by atoms with E-state index in [2.05, 4.69) is 11.1 Å². The molecule has 0 unspecified atom stereocenters. The number of Topliss-reactive ketones (excluding diaryl/α,β-unsaturated/α-hetero) is 1. The first-order valence-corrected chi connectivity index (χ1v) is 10.0. The first kappa shape index (κ1) is 18.3. The number of pyridine rings is 1. The van der Waals surface area contributed by atoms with Gasteiger partial charge in [0.2, 0.25) is 0 Å². The number of hydrogen-bond donors (Lipinski definition) is 0. The summed E-state index contributed by atoms with van der Waals surface area (Å²) in [7, 11) is 1.97. The smallest absolute Gasteiger partial charge is 0.174 e. The van der Waals surface area contributed by atoms with Gasteiger partial charge in [0.05, 0.1) is 27.4 Å². The molecule has 5 nitrogen and oxygen atoms in total. The molecule has 0 atom stereocenters. The topological polar surface area (TPSA) is 63.1 Å². The Balaban J connectivity index is 1.77. The highest BCUT2D eigenvalue weighted by Crippen LogP contribution is 2.30. The maximum Gasteiger partial charge on any atom is 0.174 e. The zero-order valence-electron chi connectivity index (χ0n) is 16.3. The number of aromatic nitrogens is 3. The second-order valence-electron chi connectivity index (χ2n) is 6.97. The first-order valence-electron chi connectivity index (χ1n) is 9.02. The highest BCUT2D eigenvalue weighted by atomic mass is 32.2. The predicted octanol–water partition coefficient (Wildman–Crippen LogP) is 4.60. The van der Waals surface area contributed by atoms with Crippen LogP contribution in [0, 0.1) is 32.1 Å². The van der Waals surface area contributed by atoms with Gasteiger partial charge in [0.1, 0.15) is 6.07 Å². The summed E-state index contributed by atoms with van der Waals surface area (Å²) < 4.78 is 4.02. The fraction of sp³-hybridized carbons (Fsp3) is 0.227. The fourth-order valence-electron chi connectivity index (χ4n) is 3.51. The van der Waals surface area contributed by atoms with Crippen molar-refractivity contribution < 1.29 is 4.79 Å². The number of nitrogens with zero attached hydrogens (tertiary/aromatic N) is 4. The average molecular weight is 388 g/mol. The molecule has 140 valence electrons. The molecule has 0 saturated heterocycles. The van der Waals surface area contributed by atoms with Gasteiger partial charge in [-0.05, 0) is 50.6 Å². The van der Waals surface area contributed by atoms with Gasteiger partial charge in [-0.25, -0.2) is 4.98 Å². The van der Waals surface area contributed by atoms with Gasteiger partial charge in [-0.1, -0.05) is 23.9 Å². The largest absolute Gasteiger partial charge is 0.351 e. The Labute approximate surface area is 167 Å². The van der Waals surface area contributed by atoms with Crippen LogP contribution in [0.2, 0.25) is 0 Å². The highest BCUT2D eigenvalue weighted by molar-refractivity contribution is 8.00. The zero-order chi connectivity index (χ0) is 20.0. The fourth-order valence-corrected chi connectivity index (χ4v) is 4.52. The predicted molar refractivity (Wildman–Crippen MR) is 112 cm³/mol. The van der Waals surface area contributed by atoms with Gasteiger partial charge in [-0.2, -0.15) is 5.26 Å². The number of thioether (sulfide) groups is 1. The highest BCUT2D eigenvalue weighted by Gasteiger charge is 2.18. The van der Waals surface area contributed by atoms with Gasteiger partial charge >= 0.3 is 0 Å². The molecule has 0 N–H and O–H groups in total. The number of carbonyl (C=O) groups is 1. The molecule has 0 bridgehead atoms. The lowest BCUT2D eigenvalue weighted by molar-refractivity contribution is 0.102. The number of rotatable bonds is 4. The van der Waals surface area contributed by atoms with Crippen LogP contribution in [-0.2, 0) is 7.05 Å². The standard InChI is InChI=1S/C22H20N4OS/c1-13-9-21(28-12-20(27)16-10-14(2)25(4)15(16)3)26-19-8-6-5-7-18(19)24-22(26)17(13)11-23/h5-10H,12H2,1-4H3. The van der Waals surface area contributed by atoms with Gasteiger partial charge in [-0.3, -0.25) is 9.20 Å². The SMILES string of the molecule is Cc1cc(SCC(=O)c2cc(C)n(C)c2C)n2c(nc3ccccc32)c1C#N.